The van der Waals surface area contributed by atoms with Crippen molar-refractivity contribution >= 4 is 62.2 Å². The molecular formula is C19H16BrClN2O2S. The van der Waals surface area contributed by atoms with Gasteiger partial charge in [0.2, 0.25) is 0 Å². The molecule has 4 nitrogen and oxygen atoms in total. The van der Waals surface area contributed by atoms with E-state index < -0.39 is 0 Å². The average Bonchev–Trinajstić information content (AvgIpc) is 2.84. The maximum atomic E-state index is 12.6. The number of imide groups is 1. The number of carbonyl (C=O) groups is 2. The highest BCUT2D eigenvalue weighted by Crippen LogP contribution is 2.35. The van der Waals surface area contributed by atoms with Crippen LogP contribution in [0.1, 0.15) is 11.1 Å². The Kier molecular flexibility index (Phi) is 5.75. The number of carbonyl (C=O) groups excluding carboxylic acids is 2. The first kappa shape index (κ1) is 19.0. The van der Waals surface area contributed by atoms with E-state index in [2.05, 4.69) is 15.9 Å². The zero-order chi connectivity index (χ0) is 18.8. The maximum absolute atomic E-state index is 12.6. The number of hydrogen-bond donors (Lipinski definition) is 0. The van der Waals surface area contributed by atoms with E-state index in [4.69, 9.17) is 11.6 Å². The lowest BCUT2D eigenvalue weighted by molar-refractivity contribution is -0.123. The van der Waals surface area contributed by atoms with Gasteiger partial charge in [0, 0.05) is 23.6 Å². The first-order chi connectivity index (χ1) is 12.4. The van der Waals surface area contributed by atoms with Gasteiger partial charge in [0.1, 0.15) is 0 Å². The Balaban J connectivity index is 1.83. The summed E-state index contributed by atoms with van der Waals surface area (Å²) in [5.41, 5.74) is 2.63. The van der Waals surface area contributed by atoms with E-state index in [1.165, 1.54) is 4.90 Å². The molecule has 0 atom stereocenters. The van der Waals surface area contributed by atoms with Crippen LogP contribution in [0.15, 0.2) is 51.8 Å². The average molecular weight is 452 g/mol. The molecule has 0 bridgehead atoms. The lowest BCUT2D eigenvalue weighted by atomic mass is 10.1. The molecule has 2 amide bonds. The normalized spacial score (nSPS) is 15.8. The minimum atomic E-state index is -0.298. The zero-order valence-corrected chi connectivity index (χ0v) is 17.4. The van der Waals surface area contributed by atoms with Gasteiger partial charge in [-0.3, -0.25) is 14.5 Å². The topological polar surface area (TPSA) is 40.6 Å². The second-order valence-corrected chi connectivity index (χ2v) is 8.22. The fourth-order valence-corrected chi connectivity index (χ4v) is 4.35. The monoisotopic (exact) mass is 450 g/mol. The molecule has 0 N–H and O–H groups in total. The van der Waals surface area contributed by atoms with Crippen LogP contribution >= 0.6 is 39.3 Å². The number of rotatable bonds is 4. The van der Waals surface area contributed by atoms with Crippen LogP contribution in [-0.2, 0) is 11.3 Å². The van der Waals surface area contributed by atoms with E-state index >= 15 is 0 Å². The van der Waals surface area contributed by atoms with Crippen molar-refractivity contribution in [3.63, 3.8) is 0 Å². The van der Waals surface area contributed by atoms with Crippen LogP contribution in [0.3, 0.4) is 0 Å². The molecule has 0 aliphatic carbocycles. The Hall–Kier alpha value is -1.76. The minimum Gasteiger partial charge on any atom is -0.377 e. The predicted octanol–water partition coefficient (Wildman–Crippen LogP) is 5.41. The lowest BCUT2D eigenvalue weighted by Gasteiger charge is -2.15. The number of thioether (sulfide) groups is 1. The van der Waals surface area contributed by atoms with E-state index in [-0.39, 0.29) is 17.7 Å². The fraction of sp³-hybridized carbons (Fsp3) is 0.158. The summed E-state index contributed by atoms with van der Waals surface area (Å²) in [7, 11) is 3.92. The molecular weight excluding hydrogens is 436 g/mol. The van der Waals surface area contributed by atoms with Gasteiger partial charge in [-0.15, -0.1) is 0 Å². The van der Waals surface area contributed by atoms with Gasteiger partial charge < -0.3 is 4.90 Å². The Labute approximate surface area is 169 Å². The lowest BCUT2D eigenvalue weighted by Crippen LogP contribution is -2.27. The molecule has 1 aliphatic rings. The summed E-state index contributed by atoms with van der Waals surface area (Å²) >= 11 is 10.6. The number of hydrogen-bond acceptors (Lipinski definition) is 4. The van der Waals surface area contributed by atoms with Crippen LogP contribution < -0.4 is 4.90 Å². The first-order valence-corrected chi connectivity index (χ1v) is 9.81. The Morgan fingerprint density at radius 1 is 1.19 bits per heavy atom. The summed E-state index contributed by atoms with van der Waals surface area (Å²) < 4.78 is 0.923. The van der Waals surface area contributed by atoms with Crippen LogP contribution in [0.5, 0.6) is 0 Å². The summed E-state index contributed by atoms with van der Waals surface area (Å²) in [5.74, 6) is -0.298. The summed E-state index contributed by atoms with van der Waals surface area (Å²) in [4.78, 5) is 28.6. The van der Waals surface area contributed by atoms with Crippen LogP contribution in [0.2, 0.25) is 5.02 Å². The molecule has 0 spiro atoms. The molecule has 0 unspecified atom stereocenters. The summed E-state index contributed by atoms with van der Waals surface area (Å²) in [6.45, 7) is 0.172. The molecule has 26 heavy (non-hydrogen) atoms. The van der Waals surface area contributed by atoms with Crippen LogP contribution in [0, 0.1) is 0 Å². The molecule has 7 heteroatoms. The number of amides is 2. The van der Waals surface area contributed by atoms with Crippen LogP contribution in [0.25, 0.3) is 6.08 Å². The third-order valence-corrected chi connectivity index (χ3v) is 5.82. The van der Waals surface area contributed by atoms with Gasteiger partial charge in [-0.25, -0.2) is 0 Å². The molecule has 1 fully saturated rings. The minimum absolute atomic E-state index is 0.172. The molecule has 1 saturated heterocycles. The third-order valence-electron chi connectivity index (χ3n) is 3.91. The van der Waals surface area contributed by atoms with Gasteiger partial charge in [-0.2, -0.15) is 0 Å². The highest BCUT2D eigenvalue weighted by atomic mass is 79.9. The summed E-state index contributed by atoms with van der Waals surface area (Å²) in [6.07, 6.45) is 1.74. The molecule has 1 heterocycles. The standard InChI is InChI=1S/C19H16BrClN2O2S/c1-22(2)16-8-7-12(9-14(16)20)10-17-18(24)23(19(25)26-17)11-13-5-3-4-6-15(13)21/h3-10H,11H2,1-2H3/b17-10-. The smallest absolute Gasteiger partial charge is 0.293 e. The van der Waals surface area contributed by atoms with E-state index in [1.54, 1.807) is 12.1 Å². The largest absolute Gasteiger partial charge is 0.377 e. The van der Waals surface area contributed by atoms with Crippen molar-refractivity contribution in [3.05, 3.63) is 68.0 Å². The number of benzene rings is 2. The van der Waals surface area contributed by atoms with Crippen molar-refractivity contribution in [2.75, 3.05) is 19.0 Å². The van der Waals surface area contributed by atoms with E-state index in [9.17, 15) is 9.59 Å². The van der Waals surface area contributed by atoms with Gasteiger partial charge in [0.25, 0.3) is 11.1 Å². The molecule has 3 rings (SSSR count). The van der Waals surface area contributed by atoms with Crippen LogP contribution in [0.4, 0.5) is 10.5 Å². The molecule has 1 aliphatic heterocycles. The van der Waals surface area contributed by atoms with Gasteiger partial charge in [-0.05, 0) is 63.1 Å². The predicted molar refractivity (Wildman–Crippen MR) is 111 cm³/mol. The molecule has 0 aromatic heterocycles. The number of anilines is 1. The van der Waals surface area contributed by atoms with Crippen molar-refractivity contribution in [3.8, 4) is 0 Å². The first-order valence-electron chi connectivity index (χ1n) is 7.82. The Bertz CT molecular complexity index is 914. The van der Waals surface area contributed by atoms with Crippen molar-refractivity contribution in [2.45, 2.75) is 6.54 Å². The van der Waals surface area contributed by atoms with Crippen molar-refractivity contribution in [1.82, 2.24) is 4.90 Å². The number of nitrogens with zero attached hydrogens (tertiary/aromatic N) is 2. The Morgan fingerprint density at radius 2 is 1.92 bits per heavy atom. The van der Waals surface area contributed by atoms with Crippen molar-refractivity contribution < 1.29 is 9.59 Å². The summed E-state index contributed by atoms with van der Waals surface area (Å²) in [5, 5.41) is 0.254. The molecule has 2 aromatic carbocycles. The molecule has 2 aromatic rings. The van der Waals surface area contributed by atoms with Crippen LogP contribution in [-0.4, -0.2) is 30.1 Å². The highest BCUT2D eigenvalue weighted by Gasteiger charge is 2.35. The quantitative estimate of drug-likeness (QED) is 0.583. The number of halogens is 2. The zero-order valence-electron chi connectivity index (χ0n) is 14.2. The van der Waals surface area contributed by atoms with Gasteiger partial charge in [0.15, 0.2) is 0 Å². The van der Waals surface area contributed by atoms with Gasteiger partial charge in [0.05, 0.1) is 17.1 Å². The van der Waals surface area contributed by atoms with Gasteiger partial charge >= 0.3 is 0 Å². The van der Waals surface area contributed by atoms with E-state index in [0.29, 0.717) is 9.93 Å². The van der Waals surface area contributed by atoms with Crippen molar-refractivity contribution in [2.24, 2.45) is 0 Å². The maximum Gasteiger partial charge on any atom is 0.293 e. The molecule has 134 valence electrons. The third kappa shape index (κ3) is 3.98. The SMILES string of the molecule is CN(C)c1ccc(/C=C2\SC(=O)N(Cc3ccccc3Cl)C2=O)cc1Br. The second kappa shape index (κ2) is 7.86. The molecule has 0 saturated carbocycles. The second-order valence-electron chi connectivity index (χ2n) is 5.96. The Morgan fingerprint density at radius 3 is 2.58 bits per heavy atom. The molecule has 0 radical (unpaired) electrons. The van der Waals surface area contributed by atoms with E-state index in [0.717, 1.165) is 33.0 Å². The summed E-state index contributed by atoms with van der Waals surface area (Å²) in [6, 6.07) is 13.0. The fourth-order valence-electron chi connectivity index (χ4n) is 2.56. The van der Waals surface area contributed by atoms with Crippen molar-refractivity contribution in [1.29, 1.82) is 0 Å². The van der Waals surface area contributed by atoms with Gasteiger partial charge in [-0.1, -0.05) is 35.9 Å². The highest BCUT2D eigenvalue weighted by molar-refractivity contribution is 9.10. The van der Waals surface area contributed by atoms with E-state index in [1.807, 2.05) is 55.4 Å².